The number of hydrogen-bond donors (Lipinski definition) is 0. The molecule has 1 unspecified atom stereocenters. The summed E-state index contributed by atoms with van der Waals surface area (Å²) in [4.78, 5) is -0.194. The summed E-state index contributed by atoms with van der Waals surface area (Å²) in [5.41, 5.74) is 1.51. The summed E-state index contributed by atoms with van der Waals surface area (Å²) in [6.45, 7) is 3.43. The topological polar surface area (TPSA) is 57.9 Å². The van der Waals surface area contributed by atoms with Crippen LogP contribution in [0.2, 0.25) is 0 Å². The van der Waals surface area contributed by atoms with E-state index in [4.69, 9.17) is 5.26 Å². The number of rotatable bonds is 3. The maximum Gasteiger partial charge on any atom is 0.405 e. The molecule has 1 rings (SSSR count). The van der Waals surface area contributed by atoms with E-state index in [1.54, 1.807) is 13.8 Å². The zero-order chi connectivity index (χ0) is 14.8. The van der Waals surface area contributed by atoms with Gasteiger partial charge in [0.25, 0.3) is 0 Å². The van der Waals surface area contributed by atoms with Gasteiger partial charge in [-0.2, -0.15) is 18.4 Å². The molecule has 0 bridgehead atoms. The average Bonchev–Trinajstić information content (AvgIpc) is 2.28. The van der Waals surface area contributed by atoms with Crippen LogP contribution in [0.4, 0.5) is 13.2 Å². The second-order valence-corrected chi connectivity index (χ2v) is 6.29. The number of benzene rings is 1. The van der Waals surface area contributed by atoms with Crippen molar-refractivity contribution in [3.8, 4) is 6.07 Å². The summed E-state index contributed by atoms with van der Waals surface area (Å²) < 4.78 is 61.0. The lowest BCUT2D eigenvalue weighted by Crippen LogP contribution is -2.29. The predicted molar refractivity (Wildman–Crippen MR) is 63.1 cm³/mol. The third-order valence-electron chi connectivity index (χ3n) is 2.77. The van der Waals surface area contributed by atoms with E-state index in [0.717, 1.165) is 11.6 Å². The Balaban J connectivity index is 3.12. The Kier molecular flexibility index (Phi) is 4.25. The zero-order valence-electron chi connectivity index (χ0n) is 10.3. The molecule has 0 aromatic heterocycles. The van der Waals surface area contributed by atoms with Crippen LogP contribution in [0.5, 0.6) is 0 Å². The molecule has 1 aromatic rings. The van der Waals surface area contributed by atoms with Crippen molar-refractivity contribution >= 4 is 9.84 Å². The molecule has 0 radical (unpaired) electrons. The molecule has 0 spiro atoms. The minimum atomic E-state index is -4.85. The first-order valence-corrected chi connectivity index (χ1v) is 6.99. The van der Waals surface area contributed by atoms with Crippen molar-refractivity contribution in [1.82, 2.24) is 0 Å². The highest BCUT2D eigenvalue weighted by Gasteiger charge is 2.43. The summed E-state index contributed by atoms with van der Waals surface area (Å²) in [6, 6.07) is 5.08. The van der Waals surface area contributed by atoms with E-state index in [1.165, 1.54) is 18.2 Å². The number of alkyl halides is 3. The average molecular weight is 291 g/mol. The minimum Gasteiger partial charge on any atom is -0.224 e. The van der Waals surface area contributed by atoms with Gasteiger partial charge < -0.3 is 0 Å². The molecule has 19 heavy (non-hydrogen) atoms. The SMILES string of the molecule is Cc1ccc(S(=O)(=O)CC(C#N)C(F)(F)F)cc1C. The Morgan fingerprint density at radius 2 is 1.84 bits per heavy atom. The van der Waals surface area contributed by atoms with Crippen molar-refractivity contribution in [2.75, 3.05) is 5.75 Å². The minimum absolute atomic E-state index is 0.194. The molecule has 1 aromatic carbocycles. The van der Waals surface area contributed by atoms with E-state index in [1.807, 2.05) is 0 Å². The van der Waals surface area contributed by atoms with Crippen molar-refractivity contribution in [2.24, 2.45) is 5.92 Å². The molecule has 0 heterocycles. The Morgan fingerprint density at radius 1 is 1.26 bits per heavy atom. The summed E-state index contributed by atoms with van der Waals surface area (Å²) in [6.07, 6.45) is -4.85. The van der Waals surface area contributed by atoms with Crippen LogP contribution >= 0.6 is 0 Å². The van der Waals surface area contributed by atoms with Gasteiger partial charge in [0.2, 0.25) is 0 Å². The smallest absolute Gasteiger partial charge is 0.224 e. The van der Waals surface area contributed by atoms with Crippen molar-refractivity contribution in [1.29, 1.82) is 5.26 Å². The maximum absolute atomic E-state index is 12.4. The summed E-state index contributed by atoms with van der Waals surface area (Å²) in [7, 11) is -4.14. The fraction of sp³-hybridized carbons (Fsp3) is 0.417. The second kappa shape index (κ2) is 5.21. The van der Waals surface area contributed by atoms with Crippen LogP contribution in [0.15, 0.2) is 23.1 Å². The van der Waals surface area contributed by atoms with Gasteiger partial charge in [0, 0.05) is 0 Å². The number of nitriles is 1. The molecule has 0 N–H and O–H groups in total. The molecule has 3 nitrogen and oxygen atoms in total. The molecule has 0 amide bonds. The highest BCUT2D eigenvalue weighted by molar-refractivity contribution is 7.91. The summed E-state index contributed by atoms with van der Waals surface area (Å²) in [5.74, 6) is -3.77. The number of hydrogen-bond acceptors (Lipinski definition) is 3. The third kappa shape index (κ3) is 3.70. The van der Waals surface area contributed by atoms with Gasteiger partial charge in [-0.05, 0) is 37.1 Å². The molecular weight excluding hydrogens is 279 g/mol. The van der Waals surface area contributed by atoms with Crippen LogP contribution in [0, 0.1) is 31.1 Å². The van der Waals surface area contributed by atoms with E-state index < -0.39 is 27.7 Å². The fourth-order valence-electron chi connectivity index (χ4n) is 1.43. The molecular formula is C12H12F3NO2S. The molecule has 0 saturated carbocycles. The highest BCUT2D eigenvalue weighted by atomic mass is 32.2. The zero-order valence-corrected chi connectivity index (χ0v) is 11.1. The predicted octanol–water partition coefficient (Wildman–Crippen LogP) is 2.78. The fourth-order valence-corrected chi connectivity index (χ4v) is 2.95. The van der Waals surface area contributed by atoms with Gasteiger partial charge in [-0.25, -0.2) is 8.42 Å². The molecule has 0 aliphatic rings. The van der Waals surface area contributed by atoms with Crippen LogP contribution in [-0.2, 0) is 9.84 Å². The lowest BCUT2D eigenvalue weighted by atomic mass is 10.1. The van der Waals surface area contributed by atoms with Crippen molar-refractivity contribution in [3.63, 3.8) is 0 Å². The van der Waals surface area contributed by atoms with Gasteiger partial charge >= 0.3 is 6.18 Å². The van der Waals surface area contributed by atoms with Gasteiger partial charge in [0.15, 0.2) is 15.8 Å². The van der Waals surface area contributed by atoms with Crippen molar-refractivity contribution in [3.05, 3.63) is 29.3 Å². The molecule has 0 fully saturated rings. The molecule has 7 heteroatoms. The van der Waals surface area contributed by atoms with Crippen LogP contribution in [0.25, 0.3) is 0 Å². The van der Waals surface area contributed by atoms with Crippen molar-refractivity contribution in [2.45, 2.75) is 24.9 Å². The van der Waals surface area contributed by atoms with Gasteiger partial charge in [-0.15, -0.1) is 0 Å². The van der Waals surface area contributed by atoms with E-state index >= 15 is 0 Å². The quantitative estimate of drug-likeness (QED) is 0.860. The van der Waals surface area contributed by atoms with E-state index in [0.29, 0.717) is 5.56 Å². The highest BCUT2D eigenvalue weighted by Crippen LogP contribution is 2.29. The lowest BCUT2D eigenvalue weighted by molar-refractivity contribution is -0.153. The van der Waals surface area contributed by atoms with Gasteiger partial charge in [-0.3, -0.25) is 0 Å². The number of aryl methyl sites for hydroxylation is 2. The lowest BCUT2D eigenvalue weighted by Gasteiger charge is -2.14. The first-order valence-electron chi connectivity index (χ1n) is 5.34. The summed E-state index contributed by atoms with van der Waals surface area (Å²) in [5, 5.41) is 8.44. The van der Waals surface area contributed by atoms with Gasteiger partial charge in [0.05, 0.1) is 16.7 Å². The van der Waals surface area contributed by atoms with E-state index in [2.05, 4.69) is 0 Å². The Labute approximate surface area is 109 Å². The first-order chi connectivity index (χ1) is 8.58. The molecule has 1 atom stereocenters. The Morgan fingerprint density at radius 3 is 2.26 bits per heavy atom. The molecule has 0 saturated heterocycles. The van der Waals surface area contributed by atoms with Crippen LogP contribution in [-0.4, -0.2) is 20.3 Å². The summed E-state index contributed by atoms with van der Waals surface area (Å²) >= 11 is 0. The van der Waals surface area contributed by atoms with Gasteiger partial charge in [-0.1, -0.05) is 6.07 Å². The van der Waals surface area contributed by atoms with Crippen LogP contribution < -0.4 is 0 Å². The number of halogens is 3. The maximum atomic E-state index is 12.4. The van der Waals surface area contributed by atoms with Crippen LogP contribution in [0.3, 0.4) is 0 Å². The van der Waals surface area contributed by atoms with Crippen LogP contribution in [0.1, 0.15) is 11.1 Å². The largest absolute Gasteiger partial charge is 0.405 e. The Bertz CT molecular complexity index is 615. The molecule has 0 aliphatic heterocycles. The monoisotopic (exact) mass is 291 g/mol. The number of sulfone groups is 1. The second-order valence-electron chi connectivity index (χ2n) is 4.25. The van der Waals surface area contributed by atoms with E-state index in [-0.39, 0.29) is 4.90 Å². The normalized spacial score (nSPS) is 13.9. The van der Waals surface area contributed by atoms with Crippen molar-refractivity contribution < 1.29 is 21.6 Å². The standard InChI is InChI=1S/C12H12F3NO2S/c1-8-3-4-11(5-9(8)2)19(17,18)7-10(6-16)12(13,14)15/h3-5,10H,7H2,1-2H3. The van der Waals surface area contributed by atoms with Gasteiger partial charge in [0.1, 0.15) is 0 Å². The third-order valence-corrected chi connectivity index (χ3v) is 4.52. The molecule has 0 aliphatic carbocycles. The molecule has 104 valence electrons. The van der Waals surface area contributed by atoms with E-state index in [9.17, 15) is 21.6 Å². The first kappa shape index (κ1) is 15.5. The Hall–Kier alpha value is -1.55. The number of nitrogens with zero attached hydrogens (tertiary/aromatic N) is 1.